The van der Waals surface area contributed by atoms with Gasteiger partial charge in [0.1, 0.15) is 0 Å². The topological polar surface area (TPSA) is 91.0 Å². The van der Waals surface area contributed by atoms with E-state index in [9.17, 15) is 9.59 Å². The number of imidazole rings is 1. The van der Waals surface area contributed by atoms with E-state index in [2.05, 4.69) is 16.2 Å². The number of aromatic nitrogens is 2. The van der Waals surface area contributed by atoms with E-state index < -0.39 is 0 Å². The lowest BCUT2D eigenvalue weighted by molar-refractivity contribution is -0.119. The number of anilines is 2. The lowest BCUT2D eigenvalue weighted by Crippen LogP contribution is -2.27. The molecule has 1 saturated carbocycles. The second kappa shape index (κ2) is 9.58. The molecular weight excluding hydrogens is 414 g/mol. The van der Waals surface area contributed by atoms with Crippen LogP contribution in [0.2, 0.25) is 0 Å². The summed E-state index contributed by atoms with van der Waals surface area (Å²) in [5.41, 5.74) is 3.04. The van der Waals surface area contributed by atoms with Crippen molar-refractivity contribution >= 4 is 34.5 Å². The standard InChI is InChI=1S/C26H25N5O2/c1-3-14-31-23-13-12-21(30(2)24(32)15-18-6-4-5-7-18)16-22(23)28-26(31)29-25(33)20-10-8-19(17-27)9-11-20/h1,8-13,16,18H,4-7,14-15H2,2H3,(H,28,29,33). The number of nitriles is 1. The molecule has 7 heteroatoms. The zero-order valence-electron chi connectivity index (χ0n) is 18.5. The predicted molar refractivity (Wildman–Crippen MR) is 128 cm³/mol. The van der Waals surface area contributed by atoms with Crippen molar-refractivity contribution in [1.29, 1.82) is 5.26 Å². The quantitative estimate of drug-likeness (QED) is 0.579. The van der Waals surface area contributed by atoms with Gasteiger partial charge < -0.3 is 4.90 Å². The largest absolute Gasteiger partial charge is 0.315 e. The maximum Gasteiger partial charge on any atom is 0.257 e. The first-order valence-corrected chi connectivity index (χ1v) is 11.0. The van der Waals surface area contributed by atoms with Crippen molar-refractivity contribution in [3.8, 4) is 18.4 Å². The number of carbonyl (C=O) groups excluding carboxylic acids is 2. The van der Waals surface area contributed by atoms with E-state index >= 15 is 0 Å². The highest BCUT2D eigenvalue weighted by atomic mass is 16.2. The summed E-state index contributed by atoms with van der Waals surface area (Å²) in [5, 5.41) is 11.7. The third-order valence-electron chi connectivity index (χ3n) is 6.18. The molecule has 2 amide bonds. The fourth-order valence-electron chi connectivity index (χ4n) is 4.29. The predicted octanol–water partition coefficient (Wildman–Crippen LogP) is 4.34. The van der Waals surface area contributed by atoms with Crippen LogP contribution in [0.4, 0.5) is 11.6 Å². The number of benzene rings is 2. The summed E-state index contributed by atoms with van der Waals surface area (Å²) >= 11 is 0. The van der Waals surface area contributed by atoms with Crippen LogP contribution >= 0.6 is 0 Å². The summed E-state index contributed by atoms with van der Waals surface area (Å²) in [4.78, 5) is 31.7. The number of terminal acetylenes is 1. The van der Waals surface area contributed by atoms with Crippen molar-refractivity contribution in [3.05, 3.63) is 53.6 Å². The highest BCUT2D eigenvalue weighted by Gasteiger charge is 2.22. The van der Waals surface area contributed by atoms with Gasteiger partial charge in [-0.15, -0.1) is 6.42 Å². The first-order valence-electron chi connectivity index (χ1n) is 11.0. The molecule has 166 valence electrons. The number of hydrogen-bond donors (Lipinski definition) is 1. The van der Waals surface area contributed by atoms with Crippen molar-refractivity contribution in [2.24, 2.45) is 5.92 Å². The second-order valence-corrected chi connectivity index (χ2v) is 8.35. The summed E-state index contributed by atoms with van der Waals surface area (Å²) in [6.45, 7) is 0.231. The highest BCUT2D eigenvalue weighted by molar-refractivity contribution is 6.04. The van der Waals surface area contributed by atoms with E-state index in [1.807, 2.05) is 24.3 Å². The summed E-state index contributed by atoms with van der Waals surface area (Å²) < 4.78 is 1.75. The molecule has 0 saturated heterocycles. The molecular formula is C26H25N5O2. The highest BCUT2D eigenvalue weighted by Crippen LogP contribution is 2.30. The van der Waals surface area contributed by atoms with Gasteiger partial charge in [0.25, 0.3) is 5.91 Å². The van der Waals surface area contributed by atoms with Gasteiger partial charge in [-0.25, -0.2) is 4.98 Å². The van der Waals surface area contributed by atoms with Gasteiger partial charge >= 0.3 is 0 Å². The number of fused-ring (bicyclic) bond motifs is 1. The number of rotatable bonds is 6. The Morgan fingerprint density at radius 2 is 1.94 bits per heavy atom. The van der Waals surface area contributed by atoms with E-state index in [4.69, 9.17) is 11.7 Å². The van der Waals surface area contributed by atoms with Gasteiger partial charge in [0.05, 0.1) is 29.2 Å². The van der Waals surface area contributed by atoms with Gasteiger partial charge in [0, 0.05) is 24.7 Å². The Labute approximate surface area is 193 Å². The van der Waals surface area contributed by atoms with Crippen LogP contribution in [0.5, 0.6) is 0 Å². The summed E-state index contributed by atoms with van der Waals surface area (Å²) in [6, 6.07) is 14.0. The molecule has 1 N–H and O–H groups in total. The Balaban J connectivity index is 1.58. The Kier molecular flexibility index (Phi) is 6.42. The number of nitrogens with zero attached hydrogens (tertiary/aromatic N) is 4. The normalized spacial score (nSPS) is 13.4. The maximum absolute atomic E-state index is 12.8. The zero-order chi connectivity index (χ0) is 23.4. The number of hydrogen-bond acceptors (Lipinski definition) is 4. The van der Waals surface area contributed by atoms with Gasteiger partial charge in [-0.2, -0.15) is 5.26 Å². The molecule has 7 nitrogen and oxygen atoms in total. The number of carbonyl (C=O) groups is 2. The molecule has 33 heavy (non-hydrogen) atoms. The SMILES string of the molecule is C#CCn1c(NC(=O)c2ccc(C#N)cc2)nc2cc(N(C)C(=O)CC3CCCC3)ccc21. The molecule has 0 unspecified atom stereocenters. The first kappa shape index (κ1) is 22.1. The average molecular weight is 440 g/mol. The van der Waals surface area contributed by atoms with Crippen LogP contribution in [-0.4, -0.2) is 28.4 Å². The fraction of sp³-hybridized carbons (Fsp3) is 0.308. The minimum atomic E-state index is -0.350. The molecule has 3 aromatic rings. The van der Waals surface area contributed by atoms with Gasteiger partial charge in [-0.3, -0.25) is 19.5 Å². The first-order chi connectivity index (χ1) is 16.0. The van der Waals surface area contributed by atoms with Gasteiger partial charge in [0.2, 0.25) is 11.9 Å². The minimum absolute atomic E-state index is 0.0960. The lowest BCUT2D eigenvalue weighted by Gasteiger charge is -2.19. The molecule has 1 fully saturated rings. The Morgan fingerprint density at radius 3 is 2.61 bits per heavy atom. The Morgan fingerprint density at radius 1 is 1.21 bits per heavy atom. The van der Waals surface area contributed by atoms with Crippen LogP contribution in [-0.2, 0) is 11.3 Å². The zero-order valence-corrected chi connectivity index (χ0v) is 18.5. The van der Waals surface area contributed by atoms with Crippen molar-refractivity contribution in [2.75, 3.05) is 17.3 Å². The average Bonchev–Trinajstić information content (AvgIpc) is 3.46. The van der Waals surface area contributed by atoms with Crippen LogP contribution in [0.1, 0.15) is 48.0 Å². The van der Waals surface area contributed by atoms with Crippen molar-refractivity contribution in [3.63, 3.8) is 0 Å². The van der Waals surface area contributed by atoms with Crippen molar-refractivity contribution in [2.45, 2.75) is 38.6 Å². The molecule has 0 radical (unpaired) electrons. The molecule has 1 heterocycles. The molecule has 0 atom stereocenters. The van der Waals surface area contributed by atoms with E-state index in [1.54, 1.807) is 40.8 Å². The summed E-state index contributed by atoms with van der Waals surface area (Å²) in [5.74, 6) is 3.15. The molecule has 2 aromatic carbocycles. The lowest BCUT2D eigenvalue weighted by atomic mass is 10.0. The second-order valence-electron chi connectivity index (χ2n) is 8.35. The van der Waals surface area contributed by atoms with Crippen LogP contribution in [0.3, 0.4) is 0 Å². The third kappa shape index (κ3) is 4.73. The molecule has 1 aromatic heterocycles. The monoisotopic (exact) mass is 439 g/mol. The molecule has 4 rings (SSSR count). The third-order valence-corrected chi connectivity index (χ3v) is 6.18. The summed E-state index contributed by atoms with van der Waals surface area (Å²) in [7, 11) is 1.78. The minimum Gasteiger partial charge on any atom is -0.315 e. The Bertz CT molecular complexity index is 1270. The van der Waals surface area contributed by atoms with E-state index in [0.717, 1.165) is 24.0 Å². The maximum atomic E-state index is 12.8. The van der Waals surface area contributed by atoms with Crippen LogP contribution in [0.25, 0.3) is 11.0 Å². The summed E-state index contributed by atoms with van der Waals surface area (Å²) in [6.07, 6.45) is 10.8. The number of amides is 2. The van der Waals surface area contributed by atoms with Crippen molar-refractivity contribution < 1.29 is 9.59 Å². The van der Waals surface area contributed by atoms with Crippen LogP contribution in [0, 0.1) is 29.6 Å². The van der Waals surface area contributed by atoms with E-state index in [1.165, 1.54) is 12.8 Å². The van der Waals surface area contributed by atoms with Gasteiger partial charge in [0.15, 0.2) is 0 Å². The van der Waals surface area contributed by atoms with E-state index in [0.29, 0.717) is 34.9 Å². The van der Waals surface area contributed by atoms with Crippen LogP contribution in [0.15, 0.2) is 42.5 Å². The van der Waals surface area contributed by atoms with Crippen LogP contribution < -0.4 is 10.2 Å². The fourth-order valence-corrected chi connectivity index (χ4v) is 4.29. The van der Waals surface area contributed by atoms with E-state index in [-0.39, 0.29) is 18.4 Å². The van der Waals surface area contributed by atoms with Crippen molar-refractivity contribution in [1.82, 2.24) is 9.55 Å². The van der Waals surface area contributed by atoms with Gasteiger partial charge in [-0.05, 0) is 61.2 Å². The molecule has 0 aliphatic heterocycles. The number of nitrogens with one attached hydrogen (secondary N) is 1. The van der Waals surface area contributed by atoms with Gasteiger partial charge in [-0.1, -0.05) is 18.8 Å². The molecule has 0 bridgehead atoms. The Hall–Kier alpha value is -4.10. The molecule has 1 aliphatic rings. The smallest absolute Gasteiger partial charge is 0.257 e. The molecule has 1 aliphatic carbocycles. The molecule has 0 spiro atoms.